The molecule has 8 heteroatoms. The monoisotopic (exact) mass is 1330 g/mol. The van der Waals surface area contributed by atoms with Gasteiger partial charge >= 0.3 is 1.43 Å². The number of allylic oxidation sites excluding steroid dienone is 18. The molecule has 0 amide bonds. The summed E-state index contributed by atoms with van der Waals surface area (Å²) in [5, 5.41) is 25.6. The fourth-order valence-electron chi connectivity index (χ4n) is 8.34. The molecule has 0 radical (unpaired) electrons. The molecule has 0 unspecified atom stereocenters. The van der Waals surface area contributed by atoms with Crippen LogP contribution < -0.4 is 0 Å². The van der Waals surface area contributed by atoms with E-state index >= 15 is 0 Å². The smallest absolute Gasteiger partial charge is 0.251 e. The number of rotatable bonds is 11. The topological polar surface area (TPSA) is 123 Å². The summed E-state index contributed by atoms with van der Waals surface area (Å²) in [5.74, 6) is 3.26. The summed E-state index contributed by atoms with van der Waals surface area (Å²) < 4.78 is 0. The molecule has 3 aliphatic carbocycles. The Balaban J connectivity index is 0. The van der Waals surface area contributed by atoms with Gasteiger partial charge in [-0.05, 0) is 146 Å². The van der Waals surface area contributed by atoms with E-state index in [0.717, 1.165) is 16.7 Å². The molecule has 0 aromatic heterocycles. The third kappa shape index (κ3) is 40.7. The van der Waals surface area contributed by atoms with Crippen LogP contribution in [0.4, 0.5) is 0 Å². The zero-order valence-corrected chi connectivity index (χ0v) is 62.6. The number of benzene rings is 7. The molecule has 8 nitrogen and oxygen atoms in total. The van der Waals surface area contributed by atoms with Gasteiger partial charge in [-0.1, -0.05) is 268 Å². The van der Waals surface area contributed by atoms with Gasteiger partial charge in [0.15, 0.2) is 0 Å². The van der Waals surface area contributed by atoms with Gasteiger partial charge in [-0.15, -0.1) is 0 Å². The zero-order valence-electron chi connectivity index (χ0n) is 63.6. The Morgan fingerprint density at radius 1 is 0.357 bits per heavy atom. The summed E-state index contributed by atoms with van der Waals surface area (Å²) in [6.07, 6.45) is 31.9. The van der Waals surface area contributed by atoms with Crippen LogP contribution in [-0.2, 0) is 31.5 Å². The molecule has 10 rings (SSSR count). The average Bonchev–Trinajstić information content (AvgIpc) is 0.895. The first-order valence-electron chi connectivity index (χ1n) is 33.8. The first-order valence-corrected chi connectivity index (χ1v) is 33.8. The normalized spacial score (nSPS) is 11.9. The Bertz CT molecular complexity index is 3040. The molecule has 0 heterocycles. The lowest BCUT2D eigenvalue weighted by molar-refractivity contribution is -0.318. The Labute approximate surface area is 594 Å². The summed E-state index contributed by atoms with van der Waals surface area (Å²) >= 11 is 0. The van der Waals surface area contributed by atoms with Gasteiger partial charge in [-0.2, -0.15) is 0 Å². The van der Waals surface area contributed by atoms with Gasteiger partial charge < -0.3 is 0 Å². The van der Waals surface area contributed by atoms with Gasteiger partial charge in [0.1, 0.15) is 29.0 Å². The quantitative estimate of drug-likeness (QED) is 0.0665. The van der Waals surface area contributed by atoms with E-state index in [-0.39, 0.29) is 1.43 Å². The highest BCUT2D eigenvalue weighted by Gasteiger charge is 2.22. The Morgan fingerprint density at radius 2 is 0.592 bits per heavy atom. The van der Waals surface area contributed by atoms with Crippen molar-refractivity contribution in [3.8, 4) is 0 Å². The molecule has 0 spiro atoms. The molecule has 3 N–H and O–H groups in total. The highest BCUT2D eigenvalue weighted by Crippen LogP contribution is 2.25. The molecule has 0 aliphatic heterocycles. The fraction of sp³-hybridized carbons (Fsp3) is 0.311. The molecular formula is C90H118O8+4. The second kappa shape index (κ2) is 52.3. The summed E-state index contributed by atoms with van der Waals surface area (Å²) in [5.41, 5.74) is 13.5. The summed E-state index contributed by atoms with van der Waals surface area (Å²) in [6, 6.07) is 70.8. The molecule has 0 bridgehead atoms. The van der Waals surface area contributed by atoms with Crippen molar-refractivity contribution in [2.45, 2.75) is 179 Å². The number of hydrogen-bond donors (Lipinski definition) is 3. The van der Waals surface area contributed by atoms with Gasteiger partial charge in [0.25, 0.3) is 0 Å². The van der Waals surface area contributed by atoms with Crippen molar-refractivity contribution < 1.29 is 31.9 Å². The van der Waals surface area contributed by atoms with Crippen LogP contribution >= 0.6 is 0 Å². The minimum atomic E-state index is -0.610. The largest absolute Gasteiger partial charge is 1.00 e. The van der Waals surface area contributed by atoms with Crippen LogP contribution in [-0.4, -0.2) is 15.8 Å². The number of hydrogen-bond acceptors (Lipinski definition) is 8. The van der Waals surface area contributed by atoms with Crippen LogP contribution in [0.5, 0.6) is 0 Å². The Kier molecular flexibility index (Phi) is 47.7. The van der Waals surface area contributed by atoms with E-state index in [9.17, 15) is 0 Å². The van der Waals surface area contributed by atoms with E-state index in [4.69, 9.17) is 25.7 Å². The molecule has 0 atom stereocenters. The van der Waals surface area contributed by atoms with Crippen molar-refractivity contribution in [3.63, 3.8) is 0 Å². The zero-order chi connectivity index (χ0) is 73.8. The first kappa shape index (κ1) is 89.2. The molecule has 0 fully saturated rings. The minimum Gasteiger partial charge on any atom is -0.251 e. The highest BCUT2D eigenvalue weighted by molar-refractivity contribution is 5.42. The van der Waals surface area contributed by atoms with Crippen molar-refractivity contribution in [3.05, 3.63) is 381 Å². The van der Waals surface area contributed by atoms with Crippen molar-refractivity contribution in [2.24, 2.45) is 5.92 Å². The Hall–Kier alpha value is -8.79. The van der Waals surface area contributed by atoms with E-state index < -0.39 is 16.8 Å². The lowest BCUT2D eigenvalue weighted by atomic mass is 9.99. The molecule has 7 aromatic carbocycles. The van der Waals surface area contributed by atoms with Gasteiger partial charge in [0.2, 0.25) is 0 Å². The third-order valence-electron chi connectivity index (χ3n) is 15.1. The van der Waals surface area contributed by atoms with Crippen molar-refractivity contribution >= 4 is 0 Å². The van der Waals surface area contributed by atoms with E-state index in [1.165, 1.54) is 50.1 Å². The van der Waals surface area contributed by atoms with E-state index in [1.807, 2.05) is 187 Å². The molecule has 522 valence electrons. The molecule has 0 saturated heterocycles. The highest BCUT2D eigenvalue weighted by atomic mass is 17.1. The van der Waals surface area contributed by atoms with E-state index in [1.54, 1.807) is 0 Å². The second-order valence-corrected chi connectivity index (χ2v) is 26.4. The van der Waals surface area contributed by atoms with Crippen LogP contribution in [0, 0.1) is 34.8 Å². The third-order valence-corrected chi connectivity index (χ3v) is 15.1. The fourth-order valence-corrected chi connectivity index (χ4v) is 8.34. The maximum Gasteiger partial charge on any atom is 1.00 e. The summed E-state index contributed by atoms with van der Waals surface area (Å²) in [6.45, 7) is 41.3. The lowest BCUT2D eigenvalue weighted by Gasteiger charge is -2.20. The standard InChI is InChI=1S/3C9H12O2.4C9H12.3C9H11.O2/c3*1-9(2,11-10)8-6-4-3-5-7-8;7*1-8(2)9-6-4-3-5-7-9;1-2/h3*3-7,10H,1-2H3;4*3-8H,1-2H3;3-4,6-8H,1-2H3;2*3-7H,1-2H3;/q;;;;;;;3*+1;/p+1. The van der Waals surface area contributed by atoms with Gasteiger partial charge in [0, 0.05) is 101 Å². The molecular weight excluding hydrogens is 1210 g/mol. The van der Waals surface area contributed by atoms with Gasteiger partial charge in [-0.25, -0.2) is 14.7 Å². The average molecular weight is 1330 g/mol. The van der Waals surface area contributed by atoms with E-state index in [0.29, 0.717) is 29.6 Å². The van der Waals surface area contributed by atoms with E-state index in [2.05, 4.69) is 270 Å². The van der Waals surface area contributed by atoms with Gasteiger partial charge in [0.05, 0.1) is 22.8 Å². The van der Waals surface area contributed by atoms with Crippen LogP contribution in [0.2, 0.25) is 0 Å². The SMILES string of the molecule is CC(C)(OO)c1ccccc1.CC(C)(OO)c1ccccc1.CC(C)(OO)c1ccccc1.CC(C)=C1C=CC=C[CH+]1.CC(C)=C1C=CC=C[CH+]1.CC(C)C1=CC=C[C+]=C1.CC(C)c1ccccc1.CC(C)c1ccccc1.CC(C)c1ccccc1.CC(C)c1ccccc1.O=O.[H+]. The van der Waals surface area contributed by atoms with Crippen molar-refractivity contribution in [1.29, 1.82) is 0 Å². The van der Waals surface area contributed by atoms with Crippen molar-refractivity contribution in [1.82, 2.24) is 0 Å². The van der Waals surface area contributed by atoms with Crippen LogP contribution in [0.1, 0.15) is 203 Å². The molecule has 7 aromatic rings. The predicted octanol–water partition coefficient (Wildman–Crippen LogP) is 26.5. The molecule has 0 saturated carbocycles. The van der Waals surface area contributed by atoms with Crippen LogP contribution in [0.15, 0.2) is 313 Å². The maximum absolute atomic E-state index is 8.55. The minimum absolute atomic E-state index is 0. The summed E-state index contributed by atoms with van der Waals surface area (Å²) in [7, 11) is 0. The second-order valence-electron chi connectivity index (χ2n) is 26.4. The van der Waals surface area contributed by atoms with Crippen LogP contribution in [0.3, 0.4) is 0 Å². The van der Waals surface area contributed by atoms with Crippen LogP contribution in [0.25, 0.3) is 0 Å². The molecule has 98 heavy (non-hydrogen) atoms. The van der Waals surface area contributed by atoms with Gasteiger partial charge in [-0.3, -0.25) is 15.8 Å². The predicted molar refractivity (Wildman–Crippen MR) is 421 cm³/mol. The molecule has 3 aliphatic rings. The lowest BCUT2D eigenvalue weighted by Crippen LogP contribution is -2.19. The van der Waals surface area contributed by atoms with Crippen molar-refractivity contribution in [2.75, 3.05) is 0 Å². The summed E-state index contributed by atoms with van der Waals surface area (Å²) in [4.78, 5) is 27.0. The first-order chi connectivity index (χ1) is 46.6. The Morgan fingerprint density at radius 3 is 0.724 bits per heavy atom. The maximum atomic E-state index is 8.55.